The predicted octanol–water partition coefficient (Wildman–Crippen LogP) is 4.91. The summed E-state index contributed by atoms with van der Waals surface area (Å²) in [5.41, 5.74) is 3.07. The van der Waals surface area contributed by atoms with Gasteiger partial charge >= 0.3 is 0 Å². The fourth-order valence-electron chi connectivity index (χ4n) is 3.25. The maximum Gasteiger partial charge on any atom is 0.281 e. The molecule has 2 radical (unpaired) electrons. The molecule has 0 fully saturated rings. The summed E-state index contributed by atoms with van der Waals surface area (Å²) in [6, 6.07) is 10.8. The molecule has 1 aliphatic heterocycles. The fraction of sp³-hybridized carbons (Fsp3) is 0.250. The van der Waals surface area contributed by atoms with Gasteiger partial charge in [0.2, 0.25) is 0 Å². The molecule has 0 aliphatic carbocycles. The van der Waals surface area contributed by atoms with Crippen molar-refractivity contribution in [3.63, 3.8) is 0 Å². The number of hydrogen-bond donors (Lipinski definition) is 0. The van der Waals surface area contributed by atoms with E-state index in [9.17, 15) is 18.0 Å². The molecule has 0 N–H and O–H groups in total. The minimum atomic E-state index is -3.37. The van der Waals surface area contributed by atoms with Gasteiger partial charge in [-0.3, -0.25) is 9.59 Å². The van der Waals surface area contributed by atoms with E-state index >= 15 is 0 Å². The summed E-state index contributed by atoms with van der Waals surface area (Å²) in [5.74, 6) is -0.721. The van der Waals surface area contributed by atoms with E-state index in [1.165, 1.54) is 12.1 Å². The first kappa shape index (κ1) is 31.3. The van der Waals surface area contributed by atoms with Crippen molar-refractivity contribution in [3.05, 3.63) is 68.9 Å². The van der Waals surface area contributed by atoms with Crippen LogP contribution < -0.4 is 0 Å². The van der Waals surface area contributed by atoms with E-state index < -0.39 is 15.8 Å². The molecule has 34 heavy (non-hydrogen) atoms. The van der Waals surface area contributed by atoms with Crippen molar-refractivity contribution in [1.82, 2.24) is 0 Å². The minimum absolute atomic E-state index is 0. The van der Waals surface area contributed by atoms with E-state index in [1.54, 1.807) is 38.2 Å². The summed E-state index contributed by atoms with van der Waals surface area (Å²) in [7, 11) is -3.37. The van der Waals surface area contributed by atoms with Crippen LogP contribution in [0.1, 0.15) is 51.3 Å². The maximum atomic E-state index is 11.6. The Kier molecular flexibility index (Phi) is 12.4. The van der Waals surface area contributed by atoms with Gasteiger partial charge in [0.25, 0.3) is 11.9 Å². The summed E-state index contributed by atoms with van der Waals surface area (Å²) >= 11 is 1.63. The van der Waals surface area contributed by atoms with E-state index in [1.807, 2.05) is 18.4 Å². The number of esters is 2. The summed E-state index contributed by atoms with van der Waals surface area (Å²) in [5, 5.41) is 4.21. The minimum Gasteiger partial charge on any atom is -0.472 e. The van der Waals surface area contributed by atoms with Crippen molar-refractivity contribution in [2.45, 2.75) is 32.6 Å². The zero-order chi connectivity index (χ0) is 23.5. The zero-order valence-electron chi connectivity index (χ0n) is 19.3. The van der Waals surface area contributed by atoms with Gasteiger partial charge in [-0.05, 0) is 35.2 Å². The fourth-order valence-corrected chi connectivity index (χ4v) is 5.27. The number of carbonyl (C=O) groups is 2. The second-order valence-electron chi connectivity index (χ2n) is 6.85. The number of benzene rings is 2. The second kappa shape index (κ2) is 13.5. The summed E-state index contributed by atoms with van der Waals surface area (Å²) < 4.78 is 34.1. The van der Waals surface area contributed by atoms with Crippen molar-refractivity contribution in [2.24, 2.45) is 0 Å². The molecule has 2 aromatic carbocycles. The van der Waals surface area contributed by atoms with Gasteiger partial charge in [0.1, 0.15) is 0 Å². The molecule has 0 amide bonds. The average Bonchev–Trinajstić information content (AvgIpc) is 3.34. The Morgan fingerprint density at radius 1 is 0.941 bits per heavy atom. The van der Waals surface area contributed by atoms with Crippen LogP contribution in [0.3, 0.4) is 0 Å². The Morgan fingerprint density at radius 2 is 1.50 bits per heavy atom. The summed E-state index contributed by atoms with van der Waals surface area (Å²) in [6.07, 6.45) is 1.49. The molecular formula is C24H22O6S2Y2-2. The van der Waals surface area contributed by atoms with Crippen LogP contribution in [0.15, 0.2) is 33.9 Å². The van der Waals surface area contributed by atoms with Gasteiger partial charge in [0.05, 0.1) is 13.2 Å². The molecule has 3 aromatic rings. The number of carbonyl (C=O) groups excluding carboxylic acids is 2. The zero-order valence-corrected chi connectivity index (χ0v) is 26.6. The predicted molar refractivity (Wildman–Crippen MR) is 124 cm³/mol. The molecule has 4 rings (SSSR count). The largest absolute Gasteiger partial charge is 0.472 e. The summed E-state index contributed by atoms with van der Waals surface area (Å²) in [6.45, 7) is 7.84. The van der Waals surface area contributed by atoms with Gasteiger partial charge < -0.3 is 9.47 Å². The smallest absolute Gasteiger partial charge is 0.281 e. The van der Waals surface area contributed by atoms with Gasteiger partial charge in [0.15, 0.2) is 9.84 Å². The van der Waals surface area contributed by atoms with Crippen LogP contribution in [0.25, 0.3) is 16.2 Å². The number of hydrogen-bond acceptors (Lipinski definition) is 7. The third-order valence-corrected chi connectivity index (χ3v) is 7.16. The molecule has 0 bridgehead atoms. The normalized spacial score (nSPS) is 12.5. The first-order chi connectivity index (χ1) is 15.2. The monoisotopic (exact) mass is 648 g/mol. The molecule has 0 spiro atoms. The Labute approximate surface area is 254 Å². The van der Waals surface area contributed by atoms with Crippen LogP contribution in [0.4, 0.5) is 0 Å². The third-order valence-electron chi connectivity index (χ3n) is 4.91. The molecular weight excluding hydrogens is 626 g/mol. The molecule has 1 aliphatic rings. The Balaban J connectivity index is 0.000000323. The molecule has 0 saturated heterocycles. The van der Waals surface area contributed by atoms with E-state index in [-0.39, 0.29) is 82.9 Å². The average molecular weight is 648 g/mol. The number of sulfone groups is 1. The van der Waals surface area contributed by atoms with Crippen LogP contribution in [-0.4, -0.2) is 33.6 Å². The van der Waals surface area contributed by atoms with Gasteiger partial charge in [-0.2, -0.15) is 35.6 Å². The van der Waals surface area contributed by atoms with Crippen LogP contribution in [0.5, 0.6) is 0 Å². The SMILES string of the molecule is CCOC(=O)c1c[c-]c2c(c1C)C=CS2(=O)=O.CCOC(=O)c1c[c-]c2sccc2c1C.[Y].[Y]. The molecule has 174 valence electrons. The number of thiophene rings is 1. The van der Waals surface area contributed by atoms with Gasteiger partial charge in [0, 0.05) is 70.8 Å². The number of rotatable bonds is 4. The van der Waals surface area contributed by atoms with E-state index in [0.29, 0.717) is 28.9 Å². The molecule has 0 atom stereocenters. The standard InChI is InChI=1S/C12H11O4S.C12H11O2S.2Y/c1-3-16-12(13)10-4-5-11-9(8(10)2)6-7-17(11,14)15;1-3-14-12(13)10-4-5-11-9(8(10)2)6-7-15-11;;/h4,6-7H,3H2,1-2H3;4,6-7H,3H2,1-2H3;;/q2*-1;;. The molecule has 2 heterocycles. The number of ether oxygens (including phenoxy) is 2. The van der Waals surface area contributed by atoms with Crippen molar-refractivity contribution < 1.29 is 92.9 Å². The van der Waals surface area contributed by atoms with Crippen molar-refractivity contribution in [1.29, 1.82) is 0 Å². The van der Waals surface area contributed by atoms with E-state index in [2.05, 4.69) is 12.1 Å². The van der Waals surface area contributed by atoms with Gasteiger partial charge in [-0.15, -0.1) is 22.1 Å². The van der Waals surface area contributed by atoms with Crippen LogP contribution in [0.2, 0.25) is 0 Å². The first-order valence-electron chi connectivity index (χ1n) is 9.92. The summed E-state index contributed by atoms with van der Waals surface area (Å²) in [4.78, 5) is 23.3. The third kappa shape index (κ3) is 6.71. The van der Waals surface area contributed by atoms with Crippen LogP contribution >= 0.6 is 11.3 Å². The molecule has 10 heteroatoms. The van der Waals surface area contributed by atoms with E-state index in [4.69, 9.17) is 9.47 Å². The Bertz CT molecular complexity index is 1330. The number of fused-ring (bicyclic) bond motifs is 2. The Morgan fingerprint density at radius 3 is 2.09 bits per heavy atom. The van der Waals surface area contributed by atoms with Crippen LogP contribution in [0, 0.1) is 26.0 Å². The second-order valence-corrected chi connectivity index (χ2v) is 9.54. The first-order valence-corrected chi connectivity index (χ1v) is 12.3. The Hall–Kier alpha value is -0.762. The van der Waals surface area contributed by atoms with Gasteiger partial charge in [-0.25, -0.2) is 8.42 Å². The molecule has 1 aromatic heterocycles. The van der Waals surface area contributed by atoms with Gasteiger partial charge in [-0.1, -0.05) is 30.7 Å². The van der Waals surface area contributed by atoms with Crippen molar-refractivity contribution >= 4 is 49.3 Å². The molecule has 0 unspecified atom stereocenters. The maximum absolute atomic E-state index is 11.6. The van der Waals surface area contributed by atoms with Crippen molar-refractivity contribution in [2.75, 3.05) is 13.2 Å². The van der Waals surface area contributed by atoms with E-state index in [0.717, 1.165) is 21.1 Å². The topological polar surface area (TPSA) is 86.7 Å². The molecule has 6 nitrogen and oxygen atoms in total. The molecule has 0 saturated carbocycles. The quantitative estimate of drug-likeness (QED) is 0.296. The number of aryl methyl sites for hydroxylation is 1. The van der Waals surface area contributed by atoms with Crippen LogP contribution in [-0.2, 0) is 84.7 Å². The van der Waals surface area contributed by atoms with Crippen molar-refractivity contribution in [3.8, 4) is 0 Å².